The minimum absolute atomic E-state index is 0.0563. The van der Waals surface area contributed by atoms with E-state index in [-0.39, 0.29) is 5.97 Å². The Morgan fingerprint density at radius 2 is 1.65 bits per heavy atom. The zero-order valence-corrected chi connectivity index (χ0v) is 15.3. The molecule has 0 fully saturated rings. The molecule has 1 heterocycles. The minimum Gasteiger partial charge on any atom is -0.466 e. The molecule has 23 heavy (non-hydrogen) atoms. The van der Waals surface area contributed by atoms with Gasteiger partial charge in [-0.25, -0.2) is 4.57 Å². The predicted molar refractivity (Wildman–Crippen MR) is 95.0 cm³/mol. The summed E-state index contributed by atoms with van der Waals surface area (Å²) < 4.78 is 7.49. The van der Waals surface area contributed by atoms with Gasteiger partial charge in [-0.2, -0.15) is 0 Å². The summed E-state index contributed by atoms with van der Waals surface area (Å²) in [4.78, 5) is 11.7. The van der Waals surface area contributed by atoms with Gasteiger partial charge in [0.15, 0.2) is 18.9 Å². The normalized spacial score (nSPS) is 11.3. The molecule has 1 aromatic carbocycles. The molecular weight excluding hydrogens is 302 g/mol. The van der Waals surface area contributed by atoms with E-state index in [1.54, 1.807) is 0 Å². The molecule has 3 nitrogen and oxygen atoms in total. The van der Waals surface area contributed by atoms with Crippen molar-refractivity contribution in [2.24, 2.45) is 0 Å². The van der Waals surface area contributed by atoms with Gasteiger partial charge in [-0.15, -0.1) is 0 Å². The average Bonchev–Trinajstić information content (AvgIpc) is 2.48. The molecule has 0 amide bonds. The molecule has 0 saturated heterocycles. The minimum atomic E-state index is -1.37. The molecule has 1 aromatic heterocycles. The van der Waals surface area contributed by atoms with Crippen molar-refractivity contribution in [1.29, 1.82) is 0 Å². The van der Waals surface area contributed by atoms with E-state index in [4.69, 9.17) is 4.74 Å². The third-order valence-electron chi connectivity index (χ3n) is 3.50. The molecule has 0 radical (unpaired) electrons. The number of aromatic nitrogens is 1. The number of hydrogen-bond donors (Lipinski definition) is 0. The van der Waals surface area contributed by atoms with Crippen molar-refractivity contribution in [3.63, 3.8) is 0 Å². The lowest BCUT2D eigenvalue weighted by atomic mass is 10.2. The van der Waals surface area contributed by atoms with E-state index in [0.717, 1.165) is 13.0 Å². The van der Waals surface area contributed by atoms with Gasteiger partial charge < -0.3 is 4.74 Å². The molecule has 0 aliphatic heterocycles. The Labute approximate surface area is 139 Å². The first-order chi connectivity index (χ1) is 10.9. The van der Waals surface area contributed by atoms with Crippen molar-refractivity contribution in [2.45, 2.75) is 38.7 Å². The molecule has 2 aromatic rings. The number of pyridine rings is 1. The number of esters is 1. The number of carbonyl (C=O) groups excluding carboxylic acids is 1. The Hall–Kier alpha value is -1.94. The van der Waals surface area contributed by atoms with E-state index >= 15 is 0 Å². The van der Waals surface area contributed by atoms with E-state index in [1.165, 1.54) is 11.1 Å². The van der Waals surface area contributed by atoms with Crippen LogP contribution in [0.2, 0.25) is 25.7 Å². The summed E-state index contributed by atoms with van der Waals surface area (Å²) >= 11 is 0. The Balaban J connectivity index is 1.78. The Bertz CT molecular complexity index is 618. The standard InChI is InChI=1S/C19H26NO2Si/c1-23(2,3)16-19(21)22-14-11-17-9-12-20(13-10-17)15-18-7-5-4-6-8-18/h4-10,12-13H,11,14-16H2,1-3H3/q+1. The van der Waals surface area contributed by atoms with Gasteiger partial charge in [0, 0.05) is 30.2 Å². The smallest absolute Gasteiger partial charge is 0.303 e. The number of hydrogen-bond acceptors (Lipinski definition) is 2. The Kier molecular flexibility index (Phi) is 6.10. The molecule has 4 heteroatoms. The number of ether oxygens (including phenoxy) is 1. The molecule has 0 bridgehead atoms. The number of nitrogens with zero attached hydrogens (tertiary/aromatic N) is 1. The molecule has 0 N–H and O–H groups in total. The van der Waals surface area contributed by atoms with Crippen molar-refractivity contribution in [3.05, 3.63) is 66.0 Å². The molecule has 0 saturated carbocycles. The molecule has 0 unspecified atom stereocenters. The highest BCUT2D eigenvalue weighted by Crippen LogP contribution is 2.09. The van der Waals surface area contributed by atoms with E-state index in [1.807, 2.05) is 6.07 Å². The molecule has 0 spiro atoms. The van der Waals surface area contributed by atoms with Crippen molar-refractivity contribution in [3.8, 4) is 0 Å². The van der Waals surface area contributed by atoms with E-state index in [9.17, 15) is 4.79 Å². The van der Waals surface area contributed by atoms with Gasteiger partial charge in [0.2, 0.25) is 0 Å². The first-order valence-corrected chi connectivity index (χ1v) is 11.8. The van der Waals surface area contributed by atoms with Crippen LogP contribution in [0.5, 0.6) is 0 Å². The van der Waals surface area contributed by atoms with Crippen LogP contribution in [0.15, 0.2) is 54.9 Å². The van der Waals surface area contributed by atoms with Crippen LogP contribution in [0.4, 0.5) is 0 Å². The first-order valence-electron chi connectivity index (χ1n) is 8.10. The van der Waals surface area contributed by atoms with E-state index < -0.39 is 8.07 Å². The monoisotopic (exact) mass is 328 g/mol. The highest BCUT2D eigenvalue weighted by Gasteiger charge is 2.19. The summed E-state index contributed by atoms with van der Waals surface area (Å²) in [5.74, 6) is -0.0563. The molecular formula is C19H26NO2Si+. The number of rotatable bonds is 7. The summed E-state index contributed by atoms with van der Waals surface area (Å²) in [5.41, 5.74) is 2.47. The van der Waals surface area contributed by atoms with Gasteiger partial charge in [0.25, 0.3) is 0 Å². The van der Waals surface area contributed by atoms with Crippen LogP contribution in [0.3, 0.4) is 0 Å². The molecule has 0 atom stereocenters. The lowest BCUT2D eigenvalue weighted by Crippen LogP contribution is -2.33. The fraction of sp³-hybridized carbons (Fsp3) is 0.368. The van der Waals surface area contributed by atoms with Gasteiger partial charge in [0.1, 0.15) is 0 Å². The molecule has 122 valence electrons. The van der Waals surface area contributed by atoms with Crippen molar-refractivity contribution in [1.82, 2.24) is 0 Å². The first kappa shape index (κ1) is 17.4. The zero-order valence-electron chi connectivity index (χ0n) is 14.3. The molecule has 0 aliphatic carbocycles. The van der Waals surface area contributed by atoms with Crippen molar-refractivity contribution >= 4 is 14.0 Å². The number of carbonyl (C=O) groups is 1. The fourth-order valence-corrected chi connectivity index (χ4v) is 3.29. The van der Waals surface area contributed by atoms with Crippen molar-refractivity contribution < 1.29 is 14.1 Å². The van der Waals surface area contributed by atoms with Crippen LogP contribution in [-0.2, 0) is 22.5 Å². The predicted octanol–water partition coefficient (Wildman–Crippen LogP) is 3.45. The lowest BCUT2D eigenvalue weighted by molar-refractivity contribution is -0.688. The molecule has 0 aliphatic rings. The van der Waals surface area contributed by atoms with Gasteiger partial charge in [-0.1, -0.05) is 50.0 Å². The Morgan fingerprint density at radius 3 is 2.26 bits per heavy atom. The Morgan fingerprint density at radius 1 is 1.00 bits per heavy atom. The zero-order chi connectivity index (χ0) is 16.7. The summed E-state index contributed by atoms with van der Waals surface area (Å²) in [6.45, 7) is 7.86. The second kappa shape index (κ2) is 8.06. The van der Waals surface area contributed by atoms with Crippen LogP contribution >= 0.6 is 0 Å². The van der Waals surface area contributed by atoms with E-state index in [0.29, 0.717) is 12.7 Å². The van der Waals surface area contributed by atoms with Gasteiger partial charge in [-0.05, 0) is 5.56 Å². The SMILES string of the molecule is C[Si](C)(C)CC(=O)OCCc1cc[n+](Cc2ccccc2)cc1. The third-order valence-corrected chi connectivity index (χ3v) is 4.85. The summed E-state index contributed by atoms with van der Waals surface area (Å²) in [5, 5.41) is 0. The van der Waals surface area contributed by atoms with Crippen LogP contribution in [0.1, 0.15) is 11.1 Å². The van der Waals surface area contributed by atoms with Gasteiger partial charge in [-0.3, -0.25) is 4.79 Å². The maximum atomic E-state index is 11.7. The summed E-state index contributed by atoms with van der Waals surface area (Å²) in [6.07, 6.45) is 4.92. The number of benzene rings is 1. The van der Waals surface area contributed by atoms with Crippen LogP contribution in [0.25, 0.3) is 0 Å². The maximum Gasteiger partial charge on any atom is 0.303 e. The topological polar surface area (TPSA) is 30.2 Å². The molecule has 2 rings (SSSR count). The van der Waals surface area contributed by atoms with Gasteiger partial charge in [0.05, 0.1) is 14.7 Å². The fourth-order valence-electron chi connectivity index (χ4n) is 2.32. The quantitative estimate of drug-likeness (QED) is 0.443. The average molecular weight is 329 g/mol. The van der Waals surface area contributed by atoms with Crippen molar-refractivity contribution in [2.75, 3.05) is 6.61 Å². The highest BCUT2D eigenvalue weighted by atomic mass is 28.3. The maximum absolute atomic E-state index is 11.7. The van der Waals surface area contributed by atoms with E-state index in [2.05, 4.69) is 73.0 Å². The largest absolute Gasteiger partial charge is 0.466 e. The third kappa shape index (κ3) is 6.78. The summed E-state index contributed by atoms with van der Waals surface area (Å²) in [7, 11) is -1.37. The summed E-state index contributed by atoms with van der Waals surface area (Å²) in [6, 6.07) is 15.2. The van der Waals surface area contributed by atoms with Gasteiger partial charge >= 0.3 is 5.97 Å². The lowest BCUT2D eigenvalue weighted by Gasteiger charge is -2.14. The second-order valence-corrected chi connectivity index (χ2v) is 12.5. The van der Waals surface area contributed by atoms with Crippen LogP contribution in [-0.4, -0.2) is 20.7 Å². The highest BCUT2D eigenvalue weighted by molar-refractivity contribution is 6.78. The van der Waals surface area contributed by atoms with Crippen LogP contribution in [0, 0.1) is 0 Å². The second-order valence-electron chi connectivity index (χ2n) is 7.07. The van der Waals surface area contributed by atoms with Crippen LogP contribution < -0.4 is 4.57 Å².